The topological polar surface area (TPSA) is 55.5 Å². The molecule has 0 aliphatic rings. The van der Waals surface area contributed by atoms with E-state index in [1.54, 1.807) is 12.1 Å². The predicted molar refractivity (Wildman–Crippen MR) is 112 cm³/mol. The lowest BCUT2D eigenvalue weighted by Crippen LogP contribution is -2.12. The molecule has 0 heterocycles. The molecule has 0 bridgehead atoms. The Morgan fingerprint density at radius 2 is 1.56 bits per heavy atom. The van der Waals surface area contributed by atoms with Gasteiger partial charge in [-0.1, -0.05) is 82.7 Å². The molecule has 0 saturated heterocycles. The van der Waals surface area contributed by atoms with Gasteiger partial charge < -0.3 is 0 Å². The van der Waals surface area contributed by atoms with Gasteiger partial charge in [-0.25, -0.2) is 0 Å². The lowest BCUT2D eigenvalue weighted by Gasteiger charge is -2.13. The molecule has 0 spiro atoms. The normalized spacial score (nSPS) is 11.6. The summed E-state index contributed by atoms with van der Waals surface area (Å²) in [6.45, 7) is 1.98. The largest absolute Gasteiger partial charge is 0.281 e. The van der Waals surface area contributed by atoms with Crippen LogP contribution >= 0.6 is 15.9 Å². The molecule has 136 valence electrons. The van der Waals surface area contributed by atoms with Crippen LogP contribution in [0.25, 0.3) is 0 Å². The molecule has 0 saturated carbocycles. The van der Waals surface area contributed by atoms with E-state index in [-0.39, 0.29) is 16.7 Å². The number of aliphatic imine (C=N–C) groups is 1. The summed E-state index contributed by atoms with van der Waals surface area (Å²) in [4.78, 5) is 15.9. The quantitative estimate of drug-likeness (QED) is 0.285. The molecule has 0 N–H and O–H groups in total. The van der Waals surface area contributed by atoms with Gasteiger partial charge in [0.2, 0.25) is 0 Å². The van der Waals surface area contributed by atoms with E-state index in [0.29, 0.717) is 16.5 Å². The average Bonchev–Trinajstić information content (AvgIpc) is 2.68. The number of nitro groups is 1. The van der Waals surface area contributed by atoms with Crippen molar-refractivity contribution in [3.05, 3.63) is 110 Å². The van der Waals surface area contributed by atoms with E-state index >= 15 is 0 Å². The van der Waals surface area contributed by atoms with Gasteiger partial charge in [-0.15, -0.1) is 0 Å². The molecular weight excluding hydrogens is 404 g/mol. The monoisotopic (exact) mass is 422 g/mol. The van der Waals surface area contributed by atoms with Crippen molar-refractivity contribution in [3.63, 3.8) is 0 Å². The zero-order valence-corrected chi connectivity index (χ0v) is 16.5. The molecule has 1 unspecified atom stereocenters. The number of nitrogens with zero attached hydrogens (tertiary/aromatic N) is 2. The molecule has 0 radical (unpaired) electrons. The van der Waals surface area contributed by atoms with Crippen LogP contribution in [0.3, 0.4) is 0 Å². The minimum absolute atomic E-state index is 0.111. The van der Waals surface area contributed by atoms with Crippen molar-refractivity contribution in [3.8, 4) is 0 Å². The fraction of sp³-hybridized carbons (Fsp3) is 0.136. The average molecular weight is 423 g/mol. The van der Waals surface area contributed by atoms with E-state index in [4.69, 9.17) is 4.99 Å². The summed E-state index contributed by atoms with van der Waals surface area (Å²) in [5.41, 5.74) is 3.75. The summed E-state index contributed by atoms with van der Waals surface area (Å²) < 4.78 is 0.698. The molecule has 3 aromatic carbocycles. The van der Waals surface area contributed by atoms with Crippen LogP contribution < -0.4 is 0 Å². The van der Waals surface area contributed by atoms with Crippen LogP contribution in [0.2, 0.25) is 0 Å². The van der Waals surface area contributed by atoms with E-state index in [1.807, 2.05) is 73.7 Å². The summed E-state index contributed by atoms with van der Waals surface area (Å²) in [5, 5.41) is 11.4. The number of benzene rings is 3. The van der Waals surface area contributed by atoms with Gasteiger partial charge in [-0.3, -0.25) is 15.1 Å². The van der Waals surface area contributed by atoms with Gasteiger partial charge in [0.05, 0.1) is 16.7 Å². The van der Waals surface area contributed by atoms with E-state index in [1.165, 1.54) is 0 Å². The SMILES string of the molecule is CC(Cc1ccc(Br)cc1[N+](=O)[O-])N=C(c1ccccc1)c1ccccc1. The third-order valence-corrected chi connectivity index (χ3v) is 4.70. The Balaban J connectivity index is 1.95. The number of nitro benzene ring substituents is 1. The fourth-order valence-corrected chi connectivity index (χ4v) is 3.32. The number of hydrogen-bond acceptors (Lipinski definition) is 3. The van der Waals surface area contributed by atoms with Crippen LogP contribution in [-0.4, -0.2) is 16.7 Å². The first-order chi connectivity index (χ1) is 13.0. The van der Waals surface area contributed by atoms with Crippen molar-refractivity contribution < 1.29 is 4.92 Å². The van der Waals surface area contributed by atoms with Crippen molar-refractivity contribution in [1.82, 2.24) is 0 Å². The standard InChI is InChI=1S/C22H19BrN2O2/c1-16(14-19-12-13-20(23)15-21(19)25(26)27)24-22(17-8-4-2-5-9-17)18-10-6-3-7-11-18/h2-13,15-16H,14H2,1H3. The summed E-state index contributed by atoms with van der Waals surface area (Å²) in [5.74, 6) is 0. The van der Waals surface area contributed by atoms with E-state index in [9.17, 15) is 10.1 Å². The lowest BCUT2D eigenvalue weighted by atomic mass is 10.0. The second-order valence-electron chi connectivity index (χ2n) is 6.29. The third-order valence-electron chi connectivity index (χ3n) is 4.20. The minimum Gasteiger partial charge on any atom is -0.281 e. The van der Waals surface area contributed by atoms with Crippen molar-refractivity contribution in [2.45, 2.75) is 19.4 Å². The molecule has 1 atom stereocenters. The summed E-state index contributed by atoms with van der Waals surface area (Å²) in [7, 11) is 0. The number of hydrogen-bond donors (Lipinski definition) is 0. The maximum absolute atomic E-state index is 11.4. The third kappa shape index (κ3) is 4.89. The van der Waals surface area contributed by atoms with Crippen molar-refractivity contribution in [2.24, 2.45) is 4.99 Å². The Bertz CT molecular complexity index is 915. The smallest absolute Gasteiger partial charge is 0.273 e. The highest BCUT2D eigenvalue weighted by atomic mass is 79.9. The fourth-order valence-electron chi connectivity index (χ4n) is 2.97. The Kier molecular flexibility index (Phi) is 6.14. The van der Waals surface area contributed by atoms with Crippen LogP contribution in [0, 0.1) is 10.1 Å². The first-order valence-electron chi connectivity index (χ1n) is 8.66. The Morgan fingerprint density at radius 1 is 1.00 bits per heavy atom. The van der Waals surface area contributed by atoms with Gasteiger partial charge in [0.15, 0.2) is 0 Å². The highest BCUT2D eigenvalue weighted by Crippen LogP contribution is 2.25. The zero-order valence-electron chi connectivity index (χ0n) is 14.9. The number of halogens is 1. The van der Waals surface area contributed by atoms with Gasteiger partial charge in [-0.2, -0.15) is 0 Å². The molecule has 27 heavy (non-hydrogen) atoms. The summed E-state index contributed by atoms with van der Waals surface area (Å²) in [6, 6.07) is 25.0. The van der Waals surface area contributed by atoms with Crippen LogP contribution in [0.15, 0.2) is 88.3 Å². The lowest BCUT2D eigenvalue weighted by molar-refractivity contribution is -0.385. The van der Waals surface area contributed by atoms with Gasteiger partial charge in [0.25, 0.3) is 5.69 Å². The highest BCUT2D eigenvalue weighted by Gasteiger charge is 2.17. The molecular formula is C22H19BrN2O2. The minimum atomic E-state index is -0.341. The molecule has 0 amide bonds. The first-order valence-corrected chi connectivity index (χ1v) is 9.45. The van der Waals surface area contributed by atoms with Crippen LogP contribution in [0.1, 0.15) is 23.6 Å². The maximum atomic E-state index is 11.4. The van der Waals surface area contributed by atoms with Gasteiger partial charge >= 0.3 is 0 Å². The Morgan fingerprint density at radius 3 is 2.07 bits per heavy atom. The molecule has 0 aliphatic carbocycles. The second-order valence-corrected chi connectivity index (χ2v) is 7.21. The summed E-state index contributed by atoms with van der Waals surface area (Å²) in [6.07, 6.45) is 0.493. The number of rotatable bonds is 6. The van der Waals surface area contributed by atoms with Crippen molar-refractivity contribution in [2.75, 3.05) is 0 Å². The van der Waals surface area contributed by atoms with Crippen LogP contribution in [0.4, 0.5) is 5.69 Å². The zero-order chi connectivity index (χ0) is 19.2. The van der Waals surface area contributed by atoms with Gasteiger partial charge in [0.1, 0.15) is 0 Å². The van der Waals surface area contributed by atoms with Crippen molar-refractivity contribution >= 4 is 27.3 Å². The molecule has 3 rings (SSSR count). The Labute approximate surface area is 166 Å². The van der Waals surface area contributed by atoms with Gasteiger partial charge in [0, 0.05) is 33.7 Å². The molecule has 0 fully saturated rings. The van der Waals surface area contributed by atoms with E-state index < -0.39 is 0 Å². The molecule has 0 aliphatic heterocycles. The molecule has 5 heteroatoms. The van der Waals surface area contributed by atoms with Gasteiger partial charge in [-0.05, 0) is 13.0 Å². The van der Waals surface area contributed by atoms with Crippen LogP contribution in [-0.2, 0) is 6.42 Å². The van der Waals surface area contributed by atoms with Crippen LogP contribution in [0.5, 0.6) is 0 Å². The molecule has 3 aromatic rings. The molecule has 4 nitrogen and oxygen atoms in total. The predicted octanol–water partition coefficient (Wildman–Crippen LogP) is 5.83. The Hall–Kier alpha value is -2.79. The highest BCUT2D eigenvalue weighted by molar-refractivity contribution is 9.10. The summed E-state index contributed by atoms with van der Waals surface area (Å²) >= 11 is 3.30. The second kappa shape index (κ2) is 8.73. The first kappa shape index (κ1) is 19.0. The molecule has 0 aromatic heterocycles. The van der Waals surface area contributed by atoms with E-state index in [0.717, 1.165) is 16.8 Å². The van der Waals surface area contributed by atoms with E-state index in [2.05, 4.69) is 15.9 Å². The maximum Gasteiger partial charge on any atom is 0.273 e. The van der Waals surface area contributed by atoms with Crippen molar-refractivity contribution in [1.29, 1.82) is 0 Å².